The van der Waals surface area contributed by atoms with Gasteiger partial charge in [0.15, 0.2) is 6.23 Å². The number of halogens is 1. The third kappa shape index (κ3) is 1.60. The minimum atomic E-state index is -0.0353. The van der Waals surface area contributed by atoms with Crippen LogP contribution in [0, 0.1) is 0 Å². The van der Waals surface area contributed by atoms with Crippen LogP contribution < -0.4 is 4.90 Å². The highest BCUT2D eigenvalue weighted by Crippen LogP contribution is 2.38. The zero-order valence-electron chi connectivity index (χ0n) is 8.73. The average Bonchev–Trinajstić information content (AvgIpc) is 3.08. The fourth-order valence-corrected chi connectivity index (χ4v) is 2.35. The molecule has 0 bridgehead atoms. The summed E-state index contributed by atoms with van der Waals surface area (Å²) in [4.78, 5) is 13.6. The largest absolute Gasteiger partial charge is 0.347 e. The minimum Gasteiger partial charge on any atom is -0.347 e. The lowest BCUT2D eigenvalue weighted by atomic mass is 10.1. The summed E-state index contributed by atoms with van der Waals surface area (Å²) in [5.41, 5.74) is 1.92. The molecule has 4 heteroatoms. The van der Waals surface area contributed by atoms with Crippen LogP contribution in [0.15, 0.2) is 24.3 Å². The van der Waals surface area contributed by atoms with Crippen LogP contribution in [-0.2, 0) is 15.4 Å². The van der Waals surface area contributed by atoms with Crippen molar-refractivity contribution in [3.05, 3.63) is 29.8 Å². The van der Waals surface area contributed by atoms with Crippen LogP contribution in [0.25, 0.3) is 0 Å². The lowest BCUT2D eigenvalue weighted by molar-refractivity contribution is -0.119. The number of epoxide rings is 1. The van der Waals surface area contributed by atoms with Crippen molar-refractivity contribution in [1.82, 2.24) is 0 Å². The molecule has 1 aromatic carbocycles. The van der Waals surface area contributed by atoms with Crippen molar-refractivity contribution in [3.63, 3.8) is 0 Å². The molecular formula is C12H12ClNO2. The predicted octanol–water partition coefficient (Wildman–Crippen LogP) is 2.28. The molecule has 2 saturated heterocycles. The molecule has 3 nitrogen and oxygen atoms in total. The van der Waals surface area contributed by atoms with E-state index >= 15 is 0 Å². The number of nitrogens with zero attached hydrogens (tertiary/aromatic N) is 1. The fourth-order valence-electron chi connectivity index (χ4n) is 2.18. The highest BCUT2D eigenvalue weighted by atomic mass is 35.5. The third-order valence-electron chi connectivity index (χ3n) is 3.06. The van der Waals surface area contributed by atoms with Gasteiger partial charge in [0.2, 0.25) is 5.91 Å². The van der Waals surface area contributed by atoms with Crippen molar-refractivity contribution in [2.24, 2.45) is 0 Å². The Bertz CT molecular complexity index is 435. The van der Waals surface area contributed by atoms with Gasteiger partial charge in [-0.05, 0) is 24.1 Å². The van der Waals surface area contributed by atoms with Crippen LogP contribution in [0.1, 0.15) is 18.4 Å². The highest BCUT2D eigenvalue weighted by Gasteiger charge is 2.49. The monoisotopic (exact) mass is 237 g/mol. The number of alkyl halides is 1. The molecule has 2 aliphatic heterocycles. The molecule has 2 aliphatic rings. The van der Waals surface area contributed by atoms with Gasteiger partial charge in [0.25, 0.3) is 0 Å². The minimum absolute atomic E-state index is 0.0353. The standard InChI is InChI=1S/C12H12ClNO2/c13-7-8-2-1-3-9(6-8)14-11(15)5-4-10-12(14)16-10/h1-3,6,10,12H,4-5,7H2. The summed E-state index contributed by atoms with van der Waals surface area (Å²) >= 11 is 5.79. The van der Waals surface area contributed by atoms with Crippen LogP contribution in [0.3, 0.4) is 0 Å². The molecule has 2 fully saturated rings. The number of amides is 1. The zero-order valence-corrected chi connectivity index (χ0v) is 9.48. The van der Waals surface area contributed by atoms with Gasteiger partial charge in [-0.25, -0.2) is 0 Å². The third-order valence-corrected chi connectivity index (χ3v) is 3.37. The Morgan fingerprint density at radius 3 is 3.19 bits per heavy atom. The van der Waals surface area contributed by atoms with Gasteiger partial charge in [-0.2, -0.15) is 0 Å². The molecule has 2 heterocycles. The molecule has 0 aliphatic carbocycles. The van der Waals surface area contributed by atoms with Gasteiger partial charge in [-0.3, -0.25) is 9.69 Å². The summed E-state index contributed by atoms with van der Waals surface area (Å²) in [5.74, 6) is 0.607. The molecule has 0 radical (unpaired) electrons. The summed E-state index contributed by atoms with van der Waals surface area (Å²) in [5, 5.41) is 0. The molecular weight excluding hydrogens is 226 g/mol. The van der Waals surface area contributed by atoms with Crippen LogP contribution in [-0.4, -0.2) is 18.2 Å². The number of benzene rings is 1. The van der Waals surface area contributed by atoms with E-state index in [1.807, 2.05) is 24.3 Å². The van der Waals surface area contributed by atoms with Crippen molar-refractivity contribution in [3.8, 4) is 0 Å². The topological polar surface area (TPSA) is 32.8 Å². The maximum atomic E-state index is 11.8. The van der Waals surface area contributed by atoms with E-state index in [1.54, 1.807) is 4.90 Å². The van der Waals surface area contributed by atoms with E-state index in [9.17, 15) is 4.79 Å². The van der Waals surface area contributed by atoms with E-state index in [0.717, 1.165) is 17.7 Å². The lowest BCUT2D eigenvalue weighted by Gasteiger charge is -2.24. The molecule has 2 unspecified atom stereocenters. The molecule has 1 amide bonds. The number of anilines is 1. The summed E-state index contributed by atoms with van der Waals surface area (Å²) in [6.45, 7) is 0. The Hall–Kier alpha value is -1.06. The second kappa shape index (κ2) is 3.75. The maximum Gasteiger partial charge on any atom is 0.229 e. The van der Waals surface area contributed by atoms with E-state index in [1.165, 1.54) is 0 Å². The molecule has 2 atom stereocenters. The van der Waals surface area contributed by atoms with E-state index < -0.39 is 0 Å². The van der Waals surface area contributed by atoms with Crippen molar-refractivity contribution < 1.29 is 9.53 Å². The van der Waals surface area contributed by atoms with Gasteiger partial charge in [0, 0.05) is 18.0 Å². The maximum absolute atomic E-state index is 11.8. The van der Waals surface area contributed by atoms with Crippen molar-refractivity contribution in [2.75, 3.05) is 4.90 Å². The number of hydrogen-bond donors (Lipinski definition) is 0. The molecule has 1 aromatic rings. The van der Waals surface area contributed by atoms with Crippen molar-refractivity contribution in [1.29, 1.82) is 0 Å². The normalized spacial score (nSPS) is 27.8. The molecule has 0 spiro atoms. The summed E-state index contributed by atoms with van der Waals surface area (Å²) in [7, 11) is 0. The first-order chi connectivity index (χ1) is 7.79. The SMILES string of the molecule is O=C1CCC2OC2N1c1cccc(CCl)c1. The van der Waals surface area contributed by atoms with E-state index in [0.29, 0.717) is 12.3 Å². The number of piperidine rings is 1. The first kappa shape index (κ1) is 10.1. The van der Waals surface area contributed by atoms with Gasteiger partial charge in [0.05, 0.1) is 0 Å². The Labute approximate surface area is 98.9 Å². The van der Waals surface area contributed by atoms with Crippen LogP contribution >= 0.6 is 11.6 Å². The van der Waals surface area contributed by atoms with Crippen molar-refractivity contribution in [2.45, 2.75) is 31.1 Å². The summed E-state index contributed by atoms with van der Waals surface area (Å²) in [6.07, 6.45) is 1.64. The molecule has 84 valence electrons. The zero-order chi connectivity index (χ0) is 11.1. The van der Waals surface area contributed by atoms with Gasteiger partial charge >= 0.3 is 0 Å². The van der Waals surface area contributed by atoms with Crippen LogP contribution in [0.2, 0.25) is 0 Å². The van der Waals surface area contributed by atoms with Crippen LogP contribution in [0.5, 0.6) is 0 Å². The molecule has 0 aromatic heterocycles. The van der Waals surface area contributed by atoms with Gasteiger partial charge in [-0.1, -0.05) is 12.1 Å². The van der Waals surface area contributed by atoms with E-state index in [4.69, 9.17) is 16.3 Å². The molecule has 3 rings (SSSR count). The Kier molecular flexibility index (Phi) is 2.37. The predicted molar refractivity (Wildman–Crippen MR) is 61.4 cm³/mol. The quantitative estimate of drug-likeness (QED) is 0.584. The Morgan fingerprint density at radius 2 is 2.38 bits per heavy atom. The van der Waals surface area contributed by atoms with Crippen molar-refractivity contribution >= 4 is 23.2 Å². The Balaban J connectivity index is 1.92. The second-order valence-electron chi connectivity index (χ2n) is 4.17. The van der Waals surface area contributed by atoms with Gasteiger partial charge in [-0.15, -0.1) is 11.6 Å². The molecule has 16 heavy (non-hydrogen) atoms. The van der Waals surface area contributed by atoms with Gasteiger partial charge in [0.1, 0.15) is 6.10 Å². The first-order valence-electron chi connectivity index (χ1n) is 5.42. The molecule has 0 saturated carbocycles. The summed E-state index contributed by atoms with van der Waals surface area (Å²) in [6, 6.07) is 7.76. The van der Waals surface area contributed by atoms with E-state index in [-0.39, 0.29) is 18.2 Å². The van der Waals surface area contributed by atoms with E-state index in [2.05, 4.69) is 0 Å². The number of rotatable bonds is 2. The second-order valence-corrected chi connectivity index (χ2v) is 4.44. The number of ether oxygens (including phenoxy) is 1. The number of carbonyl (C=O) groups is 1. The number of hydrogen-bond acceptors (Lipinski definition) is 2. The smallest absolute Gasteiger partial charge is 0.229 e. The summed E-state index contributed by atoms with van der Waals surface area (Å²) < 4.78 is 5.46. The Morgan fingerprint density at radius 1 is 1.50 bits per heavy atom. The first-order valence-corrected chi connectivity index (χ1v) is 5.95. The highest BCUT2D eigenvalue weighted by molar-refractivity contribution is 6.17. The molecule has 0 N–H and O–H groups in total. The lowest BCUT2D eigenvalue weighted by Crippen LogP contribution is -2.38. The average molecular weight is 238 g/mol. The number of fused-ring (bicyclic) bond motifs is 1. The fraction of sp³-hybridized carbons (Fsp3) is 0.417. The van der Waals surface area contributed by atoms with Crippen LogP contribution in [0.4, 0.5) is 5.69 Å². The number of carbonyl (C=O) groups excluding carboxylic acids is 1. The van der Waals surface area contributed by atoms with Gasteiger partial charge < -0.3 is 4.74 Å².